The van der Waals surface area contributed by atoms with Crippen LogP contribution < -0.4 is 0 Å². The highest BCUT2D eigenvalue weighted by molar-refractivity contribution is 7.92. The van der Waals surface area contributed by atoms with Gasteiger partial charge in [-0.05, 0) is 12.3 Å². The van der Waals surface area contributed by atoms with E-state index in [0.29, 0.717) is 0 Å². The molecule has 1 N–H and O–H groups in total. The van der Waals surface area contributed by atoms with Crippen molar-refractivity contribution in [3.05, 3.63) is 36.5 Å². The van der Waals surface area contributed by atoms with Gasteiger partial charge in [0, 0.05) is 5.92 Å². The zero-order valence-electron chi connectivity index (χ0n) is 9.19. The van der Waals surface area contributed by atoms with E-state index < -0.39 is 26.8 Å². The number of carboxylic acid groups (broad SMARTS) is 1. The summed E-state index contributed by atoms with van der Waals surface area (Å²) in [5.74, 6) is -2.06. The summed E-state index contributed by atoms with van der Waals surface area (Å²) in [6.07, 6.45) is 11.8. The molecule has 0 heterocycles. The topological polar surface area (TPSA) is 71.4 Å². The molecular formula is C12H14O4S. The van der Waals surface area contributed by atoms with Gasteiger partial charge in [0.25, 0.3) is 0 Å². The number of hydrogen-bond donors (Lipinski definition) is 1. The van der Waals surface area contributed by atoms with Gasteiger partial charge in [-0.2, -0.15) is 0 Å². The van der Waals surface area contributed by atoms with Crippen LogP contribution in [0.4, 0.5) is 0 Å². The van der Waals surface area contributed by atoms with E-state index in [1.807, 2.05) is 30.4 Å². The molecule has 0 radical (unpaired) electrons. The predicted molar refractivity (Wildman–Crippen MR) is 64.2 cm³/mol. The van der Waals surface area contributed by atoms with Crippen LogP contribution in [0, 0.1) is 11.8 Å². The van der Waals surface area contributed by atoms with Crippen LogP contribution in [-0.2, 0) is 14.6 Å². The van der Waals surface area contributed by atoms with Crippen molar-refractivity contribution < 1.29 is 18.3 Å². The van der Waals surface area contributed by atoms with Crippen molar-refractivity contribution in [2.45, 2.75) is 11.7 Å². The second kappa shape index (κ2) is 4.49. The largest absolute Gasteiger partial charge is 0.480 e. The number of aliphatic carboxylic acids is 1. The highest BCUT2D eigenvalue weighted by Gasteiger charge is 2.37. The van der Waals surface area contributed by atoms with Crippen molar-refractivity contribution in [1.82, 2.24) is 0 Å². The maximum absolute atomic E-state index is 12.0. The second-order valence-electron chi connectivity index (χ2n) is 4.34. The molecule has 3 atom stereocenters. The fourth-order valence-corrected chi connectivity index (χ4v) is 4.04. The van der Waals surface area contributed by atoms with E-state index in [1.165, 1.54) is 0 Å². The van der Waals surface area contributed by atoms with Gasteiger partial charge in [0.1, 0.15) is 5.75 Å². The third kappa shape index (κ3) is 2.49. The normalized spacial score (nSPS) is 31.2. The van der Waals surface area contributed by atoms with Crippen molar-refractivity contribution in [2.24, 2.45) is 11.8 Å². The molecule has 2 rings (SSSR count). The minimum absolute atomic E-state index is 0.130. The van der Waals surface area contributed by atoms with E-state index in [9.17, 15) is 13.2 Å². The number of carbonyl (C=O) groups is 1. The molecule has 0 fully saturated rings. The van der Waals surface area contributed by atoms with E-state index in [-0.39, 0.29) is 11.8 Å². The Morgan fingerprint density at radius 1 is 1.24 bits per heavy atom. The van der Waals surface area contributed by atoms with Gasteiger partial charge in [-0.1, -0.05) is 36.5 Å². The monoisotopic (exact) mass is 254 g/mol. The van der Waals surface area contributed by atoms with E-state index >= 15 is 0 Å². The highest BCUT2D eigenvalue weighted by Crippen LogP contribution is 2.34. The molecule has 0 aromatic carbocycles. The van der Waals surface area contributed by atoms with Crippen LogP contribution in [0.25, 0.3) is 0 Å². The zero-order chi connectivity index (χ0) is 12.5. The average Bonchev–Trinajstić information content (AvgIpc) is 2.26. The molecule has 0 amide bonds. The molecule has 0 aliphatic heterocycles. The minimum atomic E-state index is -3.62. The summed E-state index contributed by atoms with van der Waals surface area (Å²) in [7, 11) is -3.62. The first-order valence-electron chi connectivity index (χ1n) is 5.46. The molecule has 0 aromatic heterocycles. The number of fused-ring (bicyclic) bond motifs is 1. The van der Waals surface area contributed by atoms with Crippen molar-refractivity contribution in [1.29, 1.82) is 0 Å². The quantitative estimate of drug-likeness (QED) is 0.767. The molecule has 0 saturated heterocycles. The summed E-state index contributed by atoms with van der Waals surface area (Å²) in [6, 6.07) is 0. The summed E-state index contributed by atoms with van der Waals surface area (Å²) >= 11 is 0. The predicted octanol–water partition coefficient (Wildman–Crippen LogP) is 1.17. The average molecular weight is 254 g/mol. The molecule has 2 aliphatic rings. The van der Waals surface area contributed by atoms with E-state index in [2.05, 4.69) is 0 Å². The van der Waals surface area contributed by atoms with Crippen LogP contribution in [-0.4, -0.2) is 30.5 Å². The fraction of sp³-hybridized carbons (Fsp3) is 0.417. The molecular weight excluding hydrogens is 240 g/mol. The highest BCUT2D eigenvalue weighted by atomic mass is 32.2. The van der Waals surface area contributed by atoms with E-state index in [1.54, 1.807) is 6.08 Å². The SMILES string of the molecule is O=C(O)CS(=O)(=O)C1C=CCC2C=CC=CC21. The first kappa shape index (κ1) is 12.1. The minimum Gasteiger partial charge on any atom is -0.480 e. The van der Waals surface area contributed by atoms with E-state index in [4.69, 9.17) is 5.11 Å². The Labute approximate surface area is 100 Å². The van der Waals surface area contributed by atoms with E-state index in [0.717, 1.165) is 6.42 Å². The number of allylic oxidation sites excluding steroid dienone is 5. The van der Waals surface area contributed by atoms with Crippen molar-refractivity contribution >= 4 is 15.8 Å². The van der Waals surface area contributed by atoms with Crippen molar-refractivity contribution in [3.63, 3.8) is 0 Å². The lowest BCUT2D eigenvalue weighted by molar-refractivity contribution is -0.134. The summed E-state index contributed by atoms with van der Waals surface area (Å²) in [4.78, 5) is 10.6. The van der Waals surface area contributed by atoms with Gasteiger partial charge in [0.2, 0.25) is 0 Å². The van der Waals surface area contributed by atoms with Gasteiger partial charge in [-0.3, -0.25) is 4.79 Å². The number of rotatable bonds is 3. The lowest BCUT2D eigenvalue weighted by Gasteiger charge is -2.32. The van der Waals surface area contributed by atoms with Gasteiger partial charge < -0.3 is 5.11 Å². The molecule has 0 spiro atoms. The van der Waals surface area contributed by atoms with Crippen LogP contribution in [0.1, 0.15) is 6.42 Å². The summed E-state index contributed by atoms with van der Waals surface area (Å²) < 4.78 is 23.9. The Hall–Kier alpha value is -1.36. The molecule has 2 aliphatic carbocycles. The lowest BCUT2D eigenvalue weighted by atomic mass is 9.80. The Morgan fingerprint density at radius 2 is 1.94 bits per heavy atom. The van der Waals surface area contributed by atoms with Crippen molar-refractivity contribution in [3.8, 4) is 0 Å². The van der Waals surface area contributed by atoms with Crippen LogP contribution in [0.5, 0.6) is 0 Å². The molecule has 3 unspecified atom stereocenters. The summed E-state index contributed by atoms with van der Waals surface area (Å²) in [5.41, 5.74) is 0. The Kier molecular flexibility index (Phi) is 3.19. The maximum atomic E-state index is 12.0. The molecule has 17 heavy (non-hydrogen) atoms. The van der Waals surface area contributed by atoms with Crippen LogP contribution in [0.3, 0.4) is 0 Å². The van der Waals surface area contributed by atoms with Crippen molar-refractivity contribution in [2.75, 3.05) is 5.75 Å². The first-order valence-corrected chi connectivity index (χ1v) is 7.17. The fourth-order valence-electron chi connectivity index (χ4n) is 2.38. The number of sulfone groups is 1. The van der Waals surface area contributed by atoms with Gasteiger partial charge in [0.15, 0.2) is 9.84 Å². The summed E-state index contributed by atoms with van der Waals surface area (Å²) in [5, 5.41) is 7.93. The molecule has 0 aromatic rings. The zero-order valence-corrected chi connectivity index (χ0v) is 10.0. The Balaban J connectivity index is 2.29. The Morgan fingerprint density at radius 3 is 2.65 bits per heavy atom. The molecule has 4 nitrogen and oxygen atoms in total. The Bertz CT molecular complexity index is 499. The first-order chi connectivity index (χ1) is 8.00. The molecule has 5 heteroatoms. The van der Waals surface area contributed by atoms with Gasteiger partial charge >= 0.3 is 5.97 Å². The van der Waals surface area contributed by atoms with Crippen LogP contribution in [0.2, 0.25) is 0 Å². The smallest absolute Gasteiger partial charge is 0.318 e. The van der Waals surface area contributed by atoms with Gasteiger partial charge in [-0.15, -0.1) is 0 Å². The van der Waals surface area contributed by atoms with Gasteiger partial charge in [-0.25, -0.2) is 8.42 Å². The van der Waals surface area contributed by atoms with Crippen LogP contribution >= 0.6 is 0 Å². The summed E-state index contributed by atoms with van der Waals surface area (Å²) in [6.45, 7) is 0. The van der Waals surface area contributed by atoms with Crippen LogP contribution in [0.15, 0.2) is 36.5 Å². The third-order valence-electron chi connectivity index (χ3n) is 3.15. The second-order valence-corrected chi connectivity index (χ2v) is 6.50. The third-order valence-corrected chi connectivity index (χ3v) is 5.10. The molecule has 0 bridgehead atoms. The number of hydrogen-bond acceptors (Lipinski definition) is 3. The number of carboxylic acids is 1. The lowest BCUT2D eigenvalue weighted by Crippen LogP contribution is -2.37. The van der Waals surface area contributed by atoms with Gasteiger partial charge in [0.05, 0.1) is 5.25 Å². The molecule has 0 saturated carbocycles. The standard InChI is InChI=1S/C12H14O4S/c13-12(14)8-17(15,16)11-7-3-5-9-4-1-2-6-10(9)11/h1-4,6-7,9-11H,5,8H2,(H,13,14). The maximum Gasteiger partial charge on any atom is 0.318 e. The molecule has 92 valence electrons.